The van der Waals surface area contributed by atoms with Gasteiger partial charge < -0.3 is 124 Å². The number of aliphatic carboxylic acids is 1. The van der Waals surface area contributed by atoms with Crippen LogP contribution in [0.3, 0.4) is 0 Å². The van der Waals surface area contributed by atoms with Crippen molar-refractivity contribution in [1.82, 2.24) is 5.32 Å². The highest BCUT2D eigenvalue weighted by atomic mass is 79.9. The smallest absolute Gasteiger partial charge is 0.305 e. The molecule has 2 N–H and O–H groups in total. The molecule has 0 aromatic heterocycles. The van der Waals surface area contributed by atoms with Gasteiger partial charge in [0.15, 0.2) is 0 Å². The molecule has 29 heteroatoms. The maximum Gasteiger partial charge on any atom is 0.305 e. The molecule has 0 atom stereocenters. The third kappa shape index (κ3) is 76.5. The van der Waals surface area contributed by atoms with Crippen molar-refractivity contribution >= 4 is 27.8 Å². The molecule has 1 amide bonds. The number of hydrogen-bond donors (Lipinski definition) is 2. The van der Waals surface area contributed by atoms with Gasteiger partial charge in [0.2, 0.25) is 5.91 Å². The minimum Gasteiger partial charge on any atom is -0.481 e. The van der Waals surface area contributed by atoms with Crippen molar-refractivity contribution in [3.8, 4) is 0 Å². The molecule has 0 saturated carbocycles. The van der Waals surface area contributed by atoms with Gasteiger partial charge in [-0.3, -0.25) is 9.59 Å². The first-order valence-electron chi connectivity index (χ1n) is 28.6. The molecule has 0 fully saturated rings. The van der Waals surface area contributed by atoms with Crippen molar-refractivity contribution in [2.75, 3.05) is 329 Å². The molecule has 0 saturated heterocycles. The van der Waals surface area contributed by atoms with E-state index in [1.54, 1.807) is 0 Å². The van der Waals surface area contributed by atoms with Gasteiger partial charge >= 0.3 is 5.97 Å². The van der Waals surface area contributed by atoms with E-state index in [2.05, 4.69) is 21.2 Å². The van der Waals surface area contributed by atoms with Gasteiger partial charge in [-0.2, -0.15) is 0 Å². The van der Waals surface area contributed by atoms with Gasteiger partial charge in [-0.1, -0.05) is 15.9 Å². The Labute approximate surface area is 495 Å². The van der Waals surface area contributed by atoms with Crippen LogP contribution in [0.1, 0.15) is 6.42 Å². The Balaban J connectivity index is 3.09. The summed E-state index contributed by atoms with van der Waals surface area (Å²) in [6, 6.07) is 0. The number of carbonyl (C=O) groups excluding carboxylic acids is 1. The number of nitrogens with one attached hydrogen (secondary N) is 1. The van der Waals surface area contributed by atoms with Crippen molar-refractivity contribution in [3.63, 3.8) is 0 Å². The lowest BCUT2D eigenvalue weighted by atomic mass is 10.5. The third-order valence-electron chi connectivity index (χ3n) is 9.71. The maximum atomic E-state index is 11.1. The van der Waals surface area contributed by atoms with Crippen molar-refractivity contribution in [3.05, 3.63) is 0 Å². The van der Waals surface area contributed by atoms with Crippen LogP contribution in [0.15, 0.2) is 0 Å². The summed E-state index contributed by atoms with van der Waals surface area (Å²) < 4.78 is 131. The average Bonchev–Trinajstić information content (AvgIpc) is 3.48. The minimum atomic E-state index is -0.880. The summed E-state index contributed by atoms with van der Waals surface area (Å²) >= 11 is 3.08. The summed E-state index contributed by atoms with van der Waals surface area (Å²) in [5, 5.41) is 11.5. The third-order valence-corrected chi connectivity index (χ3v) is 10.2. The van der Waals surface area contributed by atoms with Crippen molar-refractivity contribution < 1.29 is 128 Å². The molecule has 0 aliphatic carbocycles. The Kier molecular flexibility index (Phi) is 74.1. The van der Waals surface area contributed by atoms with E-state index in [0.717, 1.165) is 0 Å². The summed E-state index contributed by atoms with van der Waals surface area (Å²) in [6.07, 6.45) is -0.0106. The fourth-order valence-electron chi connectivity index (χ4n) is 5.63. The highest BCUT2D eigenvalue weighted by Crippen LogP contribution is 1.92. The number of rotatable bonds is 76. The van der Waals surface area contributed by atoms with E-state index in [4.69, 9.17) is 119 Å². The molecule has 0 aliphatic rings. The van der Waals surface area contributed by atoms with Crippen LogP contribution in [0.5, 0.6) is 0 Å². The Morgan fingerprint density at radius 3 is 0.463 bits per heavy atom. The highest BCUT2D eigenvalue weighted by molar-refractivity contribution is 9.09. The van der Waals surface area contributed by atoms with Crippen LogP contribution in [0.2, 0.25) is 0 Å². The van der Waals surface area contributed by atoms with E-state index >= 15 is 0 Å². The van der Waals surface area contributed by atoms with Crippen LogP contribution in [-0.4, -0.2) is 346 Å². The number of amides is 1. The molecule has 0 aliphatic heterocycles. The number of carboxylic acid groups (broad SMARTS) is 1. The lowest BCUT2D eigenvalue weighted by molar-refractivity contribution is -0.138. The Morgan fingerprint density at radius 1 is 0.220 bits per heavy atom. The first-order valence-corrected chi connectivity index (χ1v) is 29.7. The Hall–Kier alpha value is -1.54. The van der Waals surface area contributed by atoms with Gasteiger partial charge in [-0.05, 0) is 0 Å². The van der Waals surface area contributed by atoms with Crippen LogP contribution in [0, 0.1) is 0 Å². The van der Waals surface area contributed by atoms with Gasteiger partial charge in [-0.15, -0.1) is 0 Å². The van der Waals surface area contributed by atoms with E-state index in [9.17, 15) is 9.59 Å². The number of halogens is 1. The Bertz CT molecular complexity index is 1220. The molecular formula is C53H104BrNO27. The predicted molar refractivity (Wildman–Crippen MR) is 299 cm³/mol. The molecule has 0 aromatic rings. The fourth-order valence-corrected chi connectivity index (χ4v) is 5.83. The van der Waals surface area contributed by atoms with Crippen LogP contribution in [0.25, 0.3) is 0 Å². The molecule has 490 valence electrons. The monoisotopic (exact) mass is 1270 g/mol. The number of carboxylic acids is 1. The first kappa shape index (κ1) is 80.5. The molecule has 0 radical (unpaired) electrons. The van der Waals surface area contributed by atoms with E-state index in [0.29, 0.717) is 317 Å². The maximum absolute atomic E-state index is 11.1. The fraction of sp³-hybridized carbons (Fsp3) is 0.962. The largest absolute Gasteiger partial charge is 0.481 e. The lowest BCUT2D eigenvalue weighted by Crippen LogP contribution is -2.28. The zero-order valence-corrected chi connectivity index (χ0v) is 50.6. The van der Waals surface area contributed by atoms with Crippen molar-refractivity contribution in [2.45, 2.75) is 6.42 Å². The van der Waals surface area contributed by atoms with Crippen LogP contribution in [0.4, 0.5) is 0 Å². The summed E-state index contributed by atoms with van der Waals surface area (Å²) in [7, 11) is 0. The zero-order valence-electron chi connectivity index (χ0n) is 49.0. The number of hydrogen-bond acceptors (Lipinski definition) is 26. The molecule has 28 nitrogen and oxygen atoms in total. The summed E-state index contributed by atoms with van der Waals surface area (Å²) in [6.45, 7) is 22.8. The second-order valence-corrected chi connectivity index (χ2v) is 16.9. The van der Waals surface area contributed by atoms with Gasteiger partial charge in [-0.25, -0.2) is 0 Å². The van der Waals surface area contributed by atoms with Gasteiger partial charge in [0.05, 0.1) is 329 Å². The topological polar surface area (TPSA) is 288 Å². The second-order valence-electron chi connectivity index (χ2n) is 16.3. The summed E-state index contributed by atoms with van der Waals surface area (Å²) in [5.74, 6) is -0.944. The molecule has 0 bridgehead atoms. The predicted octanol–water partition coefficient (Wildman–Crippen LogP) is 0.371. The zero-order chi connectivity index (χ0) is 58.9. The molecule has 0 unspecified atom stereocenters. The molecular weight excluding hydrogens is 1160 g/mol. The van der Waals surface area contributed by atoms with Crippen LogP contribution < -0.4 is 5.32 Å². The standard InChI is InChI=1S/C53H104BrNO27/c54-51-52(56)55-2-4-60-6-8-62-10-12-64-14-16-66-18-20-68-22-24-70-26-28-72-30-32-74-34-36-76-38-40-78-42-44-80-46-48-82-50-49-81-47-45-79-43-41-77-39-37-75-35-33-73-31-29-71-27-25-69-23-21-67-19-17-65-15-13-63-11-9-61-7-5-59-3-1-53(57)58/h1-51H2,(H,55,56)(H,57,58). The second kappa shape index (κ2) is 75.6. The summed E-state index contributed by atoms with van der Waals surface area (Å²) in [4.78, 5) is 21.4. The Morgan fingerprint density at radius 2 is 0.341 bits per heavy atom. The minimum absolute atomic E-state index is 0.0106. The summed E-state index contributed by atoms with van der Waals surface area (Å²) in [5.41, 5.74) is 0. The van der Waals surface area contributed by atoms with Gasteiger partial charge in [0.25, 0.3) is 0 Å². The highest BCUT2D eigenvalue weighted by Gasteiger charge is 2.02. The van der Waals surface area contributed by atoms with E-state index in [-0.39, 0.29) is 24.3 Å². The lowest BCUT2D eigenvalue weighted by Gasteiger charge is -2.09. The SMILES string of the molecule is O=C(O)CCOCCOCCOCCOCCOCCOCCOCCOCCOCCOCCOCCOCCOCCOCCOCCOCCOCCOCCOCCOCCOCCOCCOCCOCCNC(=O)CBr. The molecule has 0 aromatic carbocycles. The van der Waals surface area contributed by atoms with Crippen LogP contribution >= 0.6 is 15.9 Å². The van der Waals surface area contributed by atoms with E-state index in [1.807, 2.05) is 0 Å². The van der Waals surface area contributed by atoms with Gasteiger partial charge in [0.1, 0.15) is 0 Å². The molecule has 0 spiro atoms. The van der Waals surface area contributed by atoms with Crippen molar-refractivity contribution in [1.29, 1.82) is 0 Å². The van der Waals surface area contributed by atoms with Gasteiger partial charge in [0, 0.05) is 6.54 Å². The number of ether oxygens (including phenoxy) is 24. The first-order chi connectivity index (χ1) is 40.7. The molecule has 0 rings (SSSR count). The average molecular weight is 1270 g/mol. The van der Waals surface area contributed by atoms with Crippen LogP contribution in [-0.2, 0) is 123 Å². The number of carbonyl (C=O) groups is 2. The molecule has 0 heterocycles. The quantitative estimate of drug-likeness (QED) is 0.0614. The molecule has 82 heavy (non-hydrogen) atoms. The van der Waals surface area contributed by atoms with Crippen molar-refractivity contribution in [2.24, 2.45) is 0 Å². The van der Waals surface area contributed by atoms with E-state index in [1.165, 1.54) is 0 Å². The normalized spacial score (nSPS) is 11.6. The number of alkyl halides is 1. The van der Waals surface area contributed by atoms with E-state index < -0.39 is 5.97 Å².